The lowest BCUT2D eigenvalue weighted by Gasteiger charge is -2.18. The number of unbranched alkanes of at least 4 members (excludes halogenated alkanes) is 30. The monoisotopic (exact) mass is 829 g/mol. The minimum absolute atomic E-state index is 0.0779. The van der Waals surface area contributed by atoms with Crippen LogP contribution in [0.1, 0.15) is 265 Å². The Balaban J connectivity index is 4.36. The Morgan fingerprint density at radius 3 is 1.03 bits per heavy atom. The Hall–Kier alpha value is -2.37. The SMILES string of the molecule is CCCC/C=C\CCCCCCCC(=O)OCC(COC(=O)CCCCCCCC/C=C\C=C/CCCCC)OC(=O)CCCCCCCCCCCCCCCCC. The fourth-order valence-electron chi connectivity index (χ4n) is 7.24. The third-order valence-corrected chi connectivity index (χ3v) is 11.1. The highest BCUT2D eigenvalue weighted by atomic mass is 16.6. The van der Waals surface area contributed by atoms with E-state index in [1.54, 1.807) is 0 Å². The zero-order valence-electron chi connectivity index (χ0n) is 39.3. The van der Waals surface area contributed by atoms with E-state index in [2.05, 4.69) is 57.2 Å². The minimum atomic E-state index is -0.775. The average molecular weight is 829 g/mol. The van der Waals surface area contributed by atoms with Crippen LogP contribution in [0.25, 0.3) is 0 Å². The zero-order valence-corrected chi connectivity index (χ0v) is 39.3. The van der Waals surface area contributed by atoms with E-state index in [9.17, 15) is 14.4 Å². The zero-order chi connectivity index (χ0) is 43.0. The van der Waals surface area contributed by atoms with E-state index in [1.807, 2.05) is 0 Å². The first-order valence-corrected chi connectivity index (χ1v) is 25.5. The maximum atomic E-state index is 12.8. The van der Waals surface area contributed by atoms with Gasteiger partial charge in [-0.25, -0.2) is 0 Å². The topological polar surface area (TPSA) is 78.9 Å². The maximum Gasteiger partial charge on any atom is 0.306 e. The molecule has 0 aromatic heterocycles. The molecule has 1 atom stereocenters. The summed E-state index contributed by atoms with van der Waals surface area (Å²) in [5.74, 6) is -0.889. The van der Waals surface area contributed by atoms with Crippen LogP contribution in [0.3, 0.4) is 0 Å². The molecule has 1 unspecified atom stereocenters. The van der Waals surface area contributed by atoms with Crippen LogP contribution >= 0.6 is 0 Å². The van der Waals surface area contributed by atoms with Gasteiger partial charge in [0.1, 0.15) is 13.2 Å². The van der Waals surface area contributed by atoms with Crippen molar-refractivity contribution in [3.05, 3.63) is 36.5 Å². The van der Waals surface area contributed by atoms with Gasteiger partial charge in [-0.05, 0) is 64.2 Å². The summed E-state index contributed by atoms with van der Waals surface area (Å²) in [6, 6.07) is 0. The third kappa shape index (κ3) is 46.5. The Kier molecular flexibility index (Phi) is 46.4. The summed E-state index contributed by atoms with van der Waals surface area (Å²) < 4.78 is 16.8. The molecule has 0 saturated carbocycles. The normalized spacial score (nSPS) is 12.3. The number of carbonyl (C=O) groups is 3. The van der Waals surface area contributed by atoms with Crippen LogP contribution in [0.5, 0.6) is 0 Å². The smallest absolute Gasteiger partial charge is 0.306 e. The highest BCUT2D eigenvalue weighted by molar-refractivity contribution is 5.71. The van der Waals surface area contributed by atoms with E-state index in [0.717, 1.165) is 70.6 Å². The van der Waals surface area contributed by atoms with Crippen molar-refractivity contribution in [1.29, 1.82) is 0 Å². The van der Waals surface area contributed by atoms with Crippen molar-refractivity contribution in [2.75, 3.05) is 13.2 Å². The van der Waals surface area contributed by atoms with Crippen molar-refractivity contribution < 1.29 is 28.6 Å². The van der Waals surface area contributed by atoms with Gasteiger partial charge in [-0.2, -0.15) is 0 Å². The molecule has 0 aliphatic carbocycles. The van der Waals surface area contributed by atoms with Crippen molar-refractivity contribution in [2.45, 2.75) is 271 Å². The van der Waals surface area contributed by atoms with Gasteiger partial charge in [0.05, 0.1) is 0 Å². The predicted molar refractivity (Wildman–Crippen MR) is 252 cm³/mol. The second-order valence-electron chi connectivity index (χ2n) is 17.1. The predicted octanol–water partition coefficient (Wildman–Crippen LogP) is 16.5. The van der Waals surface area contributed by atoms with Crippen LogP contribution in [0, 0.1) is 0 Å². The van der Waals surface area contributed by atoms with Crippen LogP contribution in [-0.2, 0) is 28.6 Å². The quantitative estimate of drug-likeness (QED) is 0.0200. The van der Waals surface area contributed by atoms with Gasteiger partial charge in [0.15, 0.2) is 6.10 Å². The summed E-state index contributed by atoms with van der Waals surface area (Å²) in [7, 11) is 0. The molecule has 0 aliphatic rings. The molecule has 344 valence electrons. The number of carbonyl (C=O) groups excluding carboxylic acids is 3. The van der Waals surface area contributed by atoms with Gasteiger partial charge in [0.2, 0.25) is 0 Å². The van der Waals surface area contributed by atoms with Crippen LogP contribution in [-0.4, -0.2) is 37.2 Å². The van der Waals surface area contributed by atoms with E-state index in [-0.39, 0.29) is 31.1 Å². The summed E-state index contributed by atoms with van der Waals surface area (Å²) in [6.07, 6.45) is 55.5. The molecular formula is C53H96O6. The van der Waals surface area contributed by atoms with Crippen LogP contribution < -0.4 is 0 Å². The van der Waals surface area contributed by atoms with Gasteiger partial charge in [-0.15, -0.1) is 0 Å². The van der Waals surface area contributed by atoms with Gasteiger partial charge >= 0.3 is 17.9 Å². The molecule has 0 aromatic rings. The van der Waals surface area contributed by atoms with Crippen LogP contribution in [0.4, 0.5) is 0 Å². The largest absolute Gasteiger partial charge is 0.462 e. The maximum absolute atomic E-state index is 12.8. The van der Waals surface area contributed by atoms with Crippen LogP contribution in [0.2, 0.25) is 0 Å². The van der Waals surface area contributed by atoms with E-state index < -0.39 is 6.10 Å². The van der Waals surface area contributed by atoms with E-state index >= 15 is 0 Å². The van der Waals surface area contributed by atoms with Crippen molar-refractivity contribution in [3.63, 3.8) is 0 Å². The molecule has 6 nitrogen and oxygen atoms in total. The number of ether oxygens (including phenoxy) is 3. The van der Waals surface area contributed by atoms with Gasteiger partial charge in [-0.1, -0.05) is 218 Å². The molecule has 6 heteroatoms. The van der Waals surface area contributed by atoms with Crippen molar-refractivity contribution >= 4 is 17.9 Å². The van der Waals surface area contributed by atoms with E-state index in [0.29, 0.717) is 19.3 Å². The number of rotatable bonds is 46. The summed E-state index contributed by atoms with van der Waals surface area (Å²) >= 11 is 0. The first-order chi connectivity index (χ1) is 29.0. The van der Waals surface area contributed by atoms with Crippen molar-refractivity contribution in [3.8, 4) is 0 Å². The highest BCUT2D eigenvalue weighted by Gasteiger charge is 2.19. The van der Waals surface area contributed by atoms with Gasteiger partial charge in [0.25, 0.3) is 0 Å². The summed E-state index contributed by atoms with van der Waals surface area (Å²) in [4.78, 5) is 37.9. The molecule has 0 fully saturated rings. The standard InChI is InChI=1S/C53H96O6/c1-4-7-10-13-16-19-22-24-26-28-31-34-37-40-43-46-52(55)58-49-50(48-57-51(54)45-42-39-36-33-30-21-18-15-12-9-6-3)59-53(56)47-44-41-38-35-32-29-27-25-23-20-17-14-11-8-5-2/h15-16,18-19,22,24,50H,4-14,17,20-21,23,25-49H2,1-3H3/b18-15-,19-16-,24-22-. The van der Waals surface area contributed by atoms with Crippen molar-refractivity contribution in [1.82, 2.24) is 0 Å². The van der Waals surface area contributed by atoms with Crippen LogP contribution in [0.15, 0.2) is 36.5 Å². The Labute approximate surface area is 365 Å². The second kappa shape index (κ2) is 48.3. The number of allylic oxidation sites excluding steroid dienone is 6. The lowest BCUT2D eigenvalue weighted by molar-refractivity contribution is -0.167. The fraction of sp³-hybridized carbons (Fsp3) is 0.830. The minimum Gasteiger partial charge on any atom is -0.462 e. The first-order valence-electron chi connectivity index (χ1n) is 25.5. The highest BCUT2D eigenvalue weighted by Crippen LogP contribution is 2.15. The fourth-order valence-corrected chi connectivity index (χ4v) is 7.24. The number of hydrogen-bond acceptors (Lipinski definition) is 6. The molecular weight excluding hydrogens is 733 g/mol. The molecule has 0 bridgehead atoms. The van der Waals surface area contributed by atoms with Gasteiger partial charge < -0.3 is 14.2 Å². The number of hydrogen-bond donors (Lipinski definition) is 0. The molecule has 0 amide bonds. The lowest BCUT2D eigenvalue weighted by Crippen LogP contribution is -2.30. The molecule has 0 saturated heterocycles. The molecule has 0 aliphatic heterocycles. The summed E-state index contributed by atoms with van der Waals surface area (Å²) in [6.45, 7) is 6.57. The molecule has 59 heavy (non-hydrogen) atoms. The third-order valence-electron chi connectivity index (χ3n) is 11.1. The summed E-state index contributed by atoms with van der Waals surface area (Å²) in [5.41, 5.74) is 0. The lowest BCUT2D eigenvalue weighted by atomic mass is 10.0. The average Bonchev–Trinajstić information content (AvgIpc) is 3.23. The molecule has 0 N–H and O–H groups in total. The van der Waals surface area contributed by atoms with E-state index in [1.165, 1.54) is 154 Å². The Morgan fingerprint density at radius 1 is 0.339 bits per heavy atom. The molecule has 0 heterocycles. The van der Waals surface area contributed by atoms with Gasteiger partial charge in [-0.3, -0.25) is 14.4 Å². The number of esters is 3. The van der Waals surface area contributed by atoms with Gasteiger partial charge in [0, 0.05) is 19.3 Å². The Bertz CT molecular complexity index is 1000. The molecule has 0 rings (SSSR count). The second-order valence-corrected chi connectivity index (χ2v) is 17.1. The molecule has 0 spiro atoms. The Morgan fingerprint density at radius 2 is 0.627 bits per heavy atom. The van der Waals surface area contributed by atoms with E-state index in [4.69, 9.17) is 14.2 Å². The molecule has 0 radical (unpaired) electrons. The first kappa shape index (κ1) is 56.6. The molecule has 0 aromatic carbocycles. The van der Waals surface area contributed by atoms with Crippen molar-refractivity contribution in [2.24, 2.45) is 0 Å². The summed E-state index contributed by atoms with van der Waals surface area (Å²) in [5, 5.41) is 0.